The highest BCUT2D eigenvalue weighted by Gasteiger charge is 2.40. The molecule has 1 fully saturated rings. The van der Waals surface area contributed by atoms with Gasteiger partial charge in [0, 0.05) is 13.0 Å². The zero-order chi connectivity index (χ0) is 14.0. The summed E-state index contributed by atoms with van der Waals surface area (Å²) in [5.74, 6) is -0.859. The summed E-state index contributed by atoms with van der Waals surface area (Å²) in [6.07, 6.45) is 3.07. The van der Waals surface area contributed by atoms with E-state index in [1.54, 1.807) is 17.2 Å². The molecule has 2 heterocycles. The van der Waals surface area contributed by atoms with Crippen LogP contribution in [0.15, 0.2) is 16.7 Å². The van der Waals surface area contributed by atoms with Crippen molar-refractivity contribution in [2.75, 3.05) is 6.54 Å². The van der Waals surface area contributed by atoms with Crippen LogP contribution in [0.3, 0.4) is 0 Å². The third-order valence-electron chi connectivity index (χ3n) is 3.77. The van der Waals surface area contributed by atoms with Gasteiger partial charge in [0.2, 0.25) is 5.91 Å². The molecule has 1 amide bonds. The van der Waals surface area contributed by atoms with E-state index < -0.39 is 17.9 Å². The van der Waals surface area contributed by atoms with Crippen molar-refractivity contribution in [3.8, 4) is 0 Å². The number of likely N-dealkylation sites (tertiary alicyclic amines) is 1. The summed E-state index contributed by atoms with van der Waals surface area (Å²) in [6.45, 7) is 4.24. The van der Waals surface area contributed by atoms with E-state index >= 15 is 0 Å². The number of aryl methyl sites for hydroxylation is 1. The minimum absolute atomic E-state index is 0.00653. The number of amides is 1. The van der Waals surface area contributed by atoms with E-state index in [2.05, 4.69) is 0 Å². The second-order valence-electron chi connectivity index (χ2n) is 4.93. The Hall–Kier alpha value is -1.78. The Morgan fingerprint density at radius 2 is 2.32 bits per heavy atom. The molecule has 2 unspecified atom stereocenters. The Balaban J connectivity index is 2.47. The Morgan fingerprint density at radius 3 is 2.84 bits per heavy atom. The monoisotopic (exact) mass is 265 g/mol. The second-order valence-corrected chi connectivity index (χ2v) is 4.93. The molecule has 0 spiro atoms. The molecule has 2 rings (SSSR count). The Morgan fingerprint density at radius 1 is 1.58 bits per heavy atom. The summed E-state index contributed by atoms with van der Waals surface area (Å²) in [7, 11) is 0. The van der Waals surface area contributed by atoms with E-state index in [0.29, 0.717) is 31.6 Å². The summed E-state index contributed by atoms with van der Waals surface area (Å²) in [5.41, 5.74) is 0.893. The lowest BCUT2D eigenvalue weighted by Gasteiger charge is -2.31. The quantitative estimate of drug-likeness (QED) is 0.910. The Kier molecular flexibility index (Phi) is 3.93. The highest BCUT2D eigenvalue weighted by Crippen LogP contribution is 2.37. The molecule has 1 aromatic rings. The highest BCUT2D eigenvalue weighted by molar-refractivity contribution is 5.79. The number of hydrogen-bond acceptors (Lipinski definition) is 3. The fourth-order valence-corrected chi connectivity index (χ4v) is 2.79. The summed E-state index contributed by atoms with van der Waals surface area (Å²) < 4.78 is 5.46. The molecule has 0 saturated carbocycles. The predicted octanol–water partition coefficient (Wildman–Crippen LogP) is 2.36. The van der Waals surface area contributed by atoms with Crippen LogP contribution in [0.2, 0.25) is 0 Å². The van der Waals surface area contributed by atoms with Crippen molar-refractivity contribution in [1.82, 2.24) is 4.90 Å². The van der Waals surface area contributed by atoms with Crippen LogP contribution in [0.4, 0.5) is 0 Å². The number of carbonyl (C=O) groups is 2. The minimum atomic E-state index is -0.867. The first-order chi connectivity index (χ1) is 9.06. The first kappa shape index (κ1) is 13.6. The Labute approximate surface area is 112 Å². The Bertz CT molecular complexity index is 478. The van der Waals surface area contributed by atoms with Crippen LogP contribution in [-0.4, -0.2) is 28.4 Å². The summed E-state index contributed by atoms with van der Waals surface area (Å²) in [6, 6.07) is 1.31. The number of furan rings is 1. The largest absolute Gasteiger partial charge is 0.481 e. The lowest BCUT2D eigenvalue weighted by molar-refractivity contribution is -0.146. The van der Waals surface area contributed by atoms with E-state index in [-0.39, 0.29) is 5.91 Å². The standard InChI is InChI=1S/C14H19NO4/c1-3-15-11(16)6-4-5-10(14(17)18)12(15)13-9(2)7-8-19-13/h7-8,10,12H,3-6H2,1-2H3,(H,17,18). The number of aliphatic carboxylic acids is 1. The number of carboxylic acid groups (broad SMARTS) is 1. The molecule has 1 N–H and O–H groups in total. The van der Waals surface area contributed by atoms with Crippen LogP contribution in [0.25, 0.3) is 0 Å². The molecule has 0 aromatic carbocycles. The highest BCUT2D eigenvalue weighted by atomic mass is 16.4. The predicted molar refractivity (Wildman–Crippen MR) is 68.5 cm³/mol. The summed E-state index contributed by atoms with van der Waals surface area (Å²) in [4.78, 5) is 25.3. The van der Waals surface area contributed by atoms with E-state index in [1.165, 1.54) is 0 Å². The third-order valence-corrected chi connectivity index (χ3v) is 3.77. The molecule has 1 aliphatic rings. The number of carboxylic acids is 1. The van der Waals surface area contributed by atoms with E-state index in [1.807, 2.05) is 13.8 Å². The van der Waals surface area contributed by atoms with Gasteiger partial charge in [-0.05, 0) is 38.3 Å². The van der Waals surface area contributed by atoms with E-state index in [0.717, 1.165) is 5.56 Å². The SMILES string of the molecule is CCN1C(=O)CCCC(C(=O)O)C1c1occc1C. The molecule has 0 bridgehead atoms. The van der Waals surface area contributed by atoms with Gasteiger partial charge < -0.3 is 14.4 Å². The summed E-state index contributed by atoms with van der Waals surface area (Å²) >= 11 is 0. The summed E-state index contributed by atoms with van der Waals surface area (Å²) in [5, 5.41) is 9.44. The normalized spacial score (nSPS) is 24.3. The van der Waals surface area contributed by atoms with Gasteiger partial charge in [-0.2, -0.15) is 0 Å². The van der Waals surface area contributed by atoms with Crippen molar-refractivity contribution in [3.05, 3.63) is 23.7 Å². The lowest BCUT2D eigenvalue weighted by atomic mass is 9.91. The smallest absolute Gasteiger partial charge is 0.309 e. The molecule has 1 saturated heterocycles. The molecule has 19 heavy (non-hydrogen) atoms. The lowest BCUT2D eigenvalue weighted by Crippen LogP contribution is -2.38. The van der Waals surface area contributed by atoms with Crippen LogP contribution in [-0.2, 0) is 9.59 Å². The molecule has 5 nitrogen and oxygen atoms in total. The van der Waals surface area contributed by atoms with Gasteiger partial charge in [0.1, 0.15) is 11.8 Å². The molecule has 2 atom stereocenters. The first-order valence-electron chi connectivity index (χ1n) is 6.62. The maximum Gasteiger partial charge on any atom is 0.309 e. The van der Waals surface area contributed by atoms with Gasteiger partial charge in [0.05, 0.1) is 12.2 Å². The van der Waals surface area contributed by atoms with Crippen molar-refractivity contribution in [2.24, 2.45) is 5.92 Å². The first-order valence-corrected chi connectivity index (χ1v) is 6.62. The van der Waals surface area contributed by atoms with Gasteiger partial charge in [0.25, 0.3) is 0 Å². The topological polar surface area (TPSA) is 70.8 Å². The van der Waals surface area contributed by atoms with E-state index in [9.17, 15) is 14.7 Å². The molecule has 0 aliphatic carbocycles. The molecular formula is C14H19NO4. The molecule has 1 aromatic heterocycles. The number of rotatable bonds is 3. The van der Waals surface area contributed by atoms with Crippen LogP contribution in [0.1, 0.15) is 43.6 Å². The maximum absolute atomic E-state index is 12.1. The molecule has 1 aliphatic heterocycles. The fourth-order valence-electron chi connectivity index (χ4n) is 2.79. The van der Waals surface area contributed by atoms with Crippen LogP contribution in [0, 0.1) is 12.8 Å². The van der Waals surface area contributed by atoms with Crippen LogP contribution >= 0.6 is 0 Å². The van der Waals surface area contributed by atoms with Crippen molar-refractivity contribution in [1.29, 1.82) is 0 Å². The fraction of sp³-hybridized carbons (Fsp3) is 0.571. The maximum atomic E-state index is 12.1. The molecule has 5 heteroatoms. The van der Waals surface area contributed by atoms with E-state index in [4.69, 9.17) is 4.42 Å². The van der Waals surface area contributed by atoms with Crippen molar-refractivity contribution >= 4 is 11.9 Å². The van der Waals surface area contributed by atoms with Gasteiger partial charge in [0.15, 0.2) is 0 Å². The average Bonchev–Trinajstić information content (AvgIpc) is 2.69. The molecule has 104 valence electrons. The second kappa shape index (κ2) is 5.47. The minimum Gasteiger partial charge on any atom is -0.481 e. The molecule has 0 radical (unpaired) electrons. The van der Waals surface area contributed by atoms with Crippen LogP contribution in [0.5, 0.6) is 0 Å². The van der Waals surface area contributed by atoms with Crippen molar-refractivity contribution in [2.45, 2.75) is 39.2 Å². The number of carbonyl (C=O) groups excluding carboxylic acids is 1. The van der Waals surface area contributed by atoms with Gasteiger partial charge in [-0.1, -0.05) is 0 Å². The van der Waals surface area contributed by atoms with Gasteiger partial charge >= 0.3 is 5.97 Å². The van der Waals surface area contributed by atoms with Crippen molar-refractivity contribution < 1.29 is 19.1 Å². The van der Waals surface area contributed by atoms with Crippen molar-refractivity contribution in [3.63, 3.8) is 0 Å². The number of hydrogen-bond donors (Lipinski definition) is 1. The van der Waals surface area contributed by atoms with Crippen LogP contribution < -0.4 is 0 Å². The zero-order valence-corrected chi connectivity index (χ0v) is 11.3. The zero-order valence-electron chi connectivity index (χ0n) is 11.3. The van der Waals surface area contributed by atoms with Gasteiger partial charge in [-0.3, -0.25) is 9.59 Å². The van der Waals surface area contributed by atoms with Gasteiger partial charge in [-0.25, -0.2) is 0 Å². The third kappa shape index (κ3) is 2.50. The van der Waals surface area contributed by atoms with Gasteiger partial charge in [-0.15, -0.1) is 0 Å². The average molecular weight is 265 g/mol. The number of nitrogens with zero attached hydrogens (tertiary/aromatic N) is 1. The molecular weight excluding hydrogens is 246 g/mol.